The molecule has 22 heavy (non-hydrogen) atoms. The molecule has 0 saturated carbocycles. The second-order valence-electron chi connectivity index (χ2n) is 5.30. The predicted octanol–water partition coefficient (Wildman–Crippen LogP) is 3.45. The summed E-state index contributed by atoms with van der Waals surface area (Å²) in [5.74, 6) is -0.409. The van der Waals surface area contributed by atoms with Crippen LogP contribution in [0.5, 0.6) is 0 Å². The van der Waals surface area contributed by atoms with Gasteiger partial charge in [-0.15, -0.1) is 0 Å². The van der Waals surface area contributed by atoms with Gasteiger partial charge in [0.25, 0.3) is 5.56 Å². The zero-order valence-corrected chi connectivity index (χ0v) is 13.6. The third-order valence-electron chi connectivity index (χ3n) is 3.82. The Bertz CT molecular complexity index is 725. The van der Waals surface area contributed by atoms with Gasteiger partial charge in [-0.1, -0.05) is 0 Å². The Morgan fingerprint density at radius 1 is 1.32 bits per heavy atom. The van der Waals surface area contributed by atoms with E-state index < -0.39 is 5.82 Å². The van der Waals surface area contributed by atoms with Crippen LogP contribution in [0.4, 0.5) is 4.39 Å². The van der Waals surface area contributed by atoms with Gasteiger partial charge in [-0.2, -0.15) is 0 Å². The number of ether oxygens (including phenoxy) is 2. The van der Waals surface area contributed by atoms with Crippen LogP contribution in [0.3, 0.4) is 0 Å². The molecule has 1 aliphatic rings. The minimum Gasteiger partial charge on any atom is -0.353 e. The van der Waals surface area contributed by atoms with Crippen LogP contribution in [-0.2, 0) is 16.0 Å². The first-order chi connectivity index (χ1) is 10.7. The molecule has 3 rings (SSSR count). The Kier molecular flexibility index (Phi) is 4.90. The van der Waals surface area contributed by atoms with Crippen molar-refractivity contribution >= 4 is 26.7 Å². The lowest BCUT2D eigenvalue weighted by Crippen LogP contribution is -2.27. The van der Waals surface area contributed by atoms with Crippen molar-refractivity contribution in [1.29, 1.82) is 0 Å². The first kappa shape index (κ1) is 15.6. The molecule has 1 fully saturated rings. The van der Waals surface area contributed by atoms with Gasteiger partial charge in [-0.3, -0.25) is 4.79 Å². The SMILES string of the molecule is O=c1c2ccc(Br)c(F)c2ccn1CCOC1CCCCO1. The number of nitrogens with zero attached hydrogens (tertiary/aromatic N) is 1. The Morgan fingerprint density at radius 3 is 2.95 bits per heavy atom. The number of benzene rings is 1. The number of rotatable bonds is 4. The second-order valence-corrected chi connectivity index (χ2v) is 6.16. The number of hydrogen-bond acceptors (Lipinski definition) is 3. The second kappa shape index (κ2) is 6.89. The molecule has 0 aliphatic carbocycles. The standard InChI is InChI=1S/C16H17BrFNO3/c17-13-5-4-12-11(15(13)18)6-7-19(16(12)20)8-10-22-14-3-1-2-9-21-14/h4-7,14H,1-3,8-10H2. The fourth-order valence-corrected chi connectivity index (χ4v) is 2.95. The highest BCUT2D eigenvalue weighted by atomic mass is 79.9. The summed E-state index contributed by atoms with van der Waals surface area (Å²) in [6.07, 6.45) is 4.51. The minimum atomic E-state index is -0.409. The summed E-state index contributed by atoms with van der Waals surface area (Å²) in [6.45, 7) is 1.55. The van der Waals surface area contributed by atoms with E-state index in [9.17, 15) is 9.18 Å². The van der Waals surface area contributed by atoms with Crippen LogP contribution >= 0.6 is 15.9 Å². The lowest BCUT2D eigenvalue weighted by molar-refractivity contribution is -0.163. The van der Waals surface area contributed by atoms with Gasteiger partial charge in [0, 0.05) is 24.7 Å². The Labute approximate surface area is 136 Å². The molecule has 2 aromatic rings. The van der Waals surface area contributed by atoms with E-state index in [1.54, 1.807) is 29.0 Å². The van der Waals surface area contributed by atoms with Crippen molar-refractivity contribution in [2.45, 2.75) is 32.1 Å². The summed E-state index contributed by atoms with van der Waals surface area (Å²) in [5, 5.41) is 0.698. The molecular formula is C16H17BrFNO3. The van der Waals surface area contributed by atoms with Gasteiger partial charge < -0.3 is 14.0 Å². The van der Waals surface area contributed by atoms with E-state index in [0.717, 1.165) is 25.9 Å². The van der Waals surface area contributed by atoms with Crippen LogP contribution in [0.2, 0.25) is 0 Å². The summed E-state index contributed by atoms with van der Waals surface area (Å²) in [6, 6.07) is 4.80. The monoisotopic (exact) mass is 369 g/mol. The predicted molar refractivity (Wildman–Crippen MR) is 85.4 cm³/mol. The molecule has 1 aromatic carbocycles. The third-order valence-corrected chi connectivity index (χ3v) is 4.43. The highest BCUT2D eigenvalue weighted by Crippen LogP contribution is 2.22. The highest BCUT2D eigenvalue weighted by Gasteiger charge is 2.14. The maximum atomic E-state index is 14.0. The van der Waals surface area contributed by atoms with Crippen LogP contribution < -0.4 is 5.56 Å². The first-order valence-electron chi connectivity index (χ1n) is 7.37. The van der Waals surface area contributed by atoms with Crippen LogP contribution in [0.15, 0.2) is 33.7 Å². The van der Waals surface area contributed by atoms with Crippen LogP contribution in [-0.4, -0.2) is 24.1 Å². The van der Waals surface area contributed by atoms with E-state index >= 15 is 0 Å². The number of fused-ring (bicyclic) bond motifs is 1. The van der Waals surface area contributed by atoms with Crippen molar-refractivity contribution < 1.29 is 13.9 Å². The van der Waals surface area contributed by atoms with Gasteiger partial charge in [0.1, 0.15) is 5.82 Å². The Hall–Kier alpha value is -1.24. The molecule has 1 aliphatic heterocycles. The maximum Gasteiger partial charge on any atom is 0.258 e. The van der Waals surface area contributed by atoms with E-state index in [1.165, 1.54) is 0 Å². The Morgan fingerprint density at radius 2 is 2.18 bits per heavy atom. The van der Waals surface area contributed by atoms with Crippen LogP contribution in [0, 0.1) is 5.82 Å². The molecule has 6 heteroatoms. The van der Waals surface area contributed by atoms with Crippen molar-refractivity contribution in [2.75, 3.05) is 13.2 Å². The average molecular weight is 370 g/mol. The lowest BCUT2D eigenvalue weighted by atomic mass is 10.1. The van der Waals surface area contributed by atoms with Crippen molar-refractivity contribution in [2.24, 2.45) is 0 Å². The van der Waals surface area contributed by atoms with Gasteiger partial charge in [-0.05, 0) is 53.4 Å². The molecule has 0 spiro atoms. The lowest BCUT2D eigenvalue weighted by Gasteiger charge is -2.22. The highest BCUT2D eigenvalue weighted by molar-refractivity contribution is 9.10. The summed E-state index contributed by atoms with van der Waals surface area (Å²) in [7, 11) is 0. The van der Waals surface area contributed by atoms with Gasteiger partial charge in [-0.25, -0.2) is 4.39 Å². The quantitative estimate of drug-likeness (QED) is 0.828. The van der Waals surface area contributed by atoms with Gasteiger partial charge in [0.15, 0.2) is 6.29 Å². The van der Waals surface area contributed by atoms with E-state index in [4.69, 9.17) is 9.47 Å². The fraction of sp³-hybridized carbons (Fsp3) is 0.438. The van der Waals surface area contributed by atoms with Crippen molar-refractivity contribution in [3.63, 3.8) is 0 Å². The molecule has 2 heterocycles. The zero-order chi connectivity index (χ0) is 15.5. The molecular weight excluding hydrogens is 353 g/mol. The van der Waals surface area contributed by atoms with Gasteiger partial charge in [0.2, 0.25) is 0 Å². The van der Waals surface area contributed by atoms with Crippen LogP contribution in [0.1, 0.15) is 19.3 Å². The minimum absolute atomic E-state index is 0.168. The summed E-state index contributed by atoms with van der Waals surface area (Å²) in [5.41, 5.74) is -0.211. The largest absolute Gasteiger partial charge is 0.353 e. The number of pyridine rings is 1. The van der Waals surface area contributed by atoms with E-state index in [1.807, 2.05) is 0 Å². The first-order valence-corrected chi connectivity index (χ1v) is 8.16. The van der Waals surface area contributed by atoms with E-state index in [2.05, 4.69) is 15.9 Å². The molecule has 0 amide bonds. The Balaban J connectivity index is 1.73. The summed E-state index contributed by atoms with van der Waals surface area (Å²) < 4.78 is 27.0. The number of halogens is 2. The normalized spacial score (nSPS) is 18.7. The maximum absolute atomic E-state index is 14.0. The summed E-state index contributed by atoms with van der Waals surface area (Å²) in [4.78, 5) is 12.4. The average Bonchev–Trinajstić information content (AvgIpc) is 2.54. The molecule has 4 nitrogen and oxygen atoms in total. The third kappa shape index (κ3) is 3.24. The molecule has 1 saturated heterocycles. The molecule has 1 atom stereocenters. The van der Waals surface area contributed by atoms with Gasteiger partial charge in [0.05, 0.1) is 16.5 Å². The molecule has 1 aromatic heterocycles. The molecule has 0 bridgehead atoms. The van der Waals surface area contributed by atoms with E-state index in [-0.39, 0.29) is 11.8 Å². The topological polar surface area (TPSA) is 40.5 Å². The number of hydrogen-bond donors (Lipinski definition) is 0. The van der Waals surface area contributed by atoms with E-state index in [0.29, 0.717) is 28.4 Å². The molecule has 1 unspecified atom stereocenters. The molecule has 118 valence electrons. The summed E-state index contributed by atoms with van der Waals surface area (Å²) >= 11 is 3.13. The zero-order valence-electron chi connectivity index (χ0n) is 12.1. The smallest absolute Gasteiger partial charge is 0.258 e. The molecule has 0 radical (unpaired) electrons. The van der Waals surface area contributed by atoms with Crippen LogP contribution in [0.25, 0.3) is 10.8 Å². The molecule has 0 N–H and O–H groups in total. The van der Waals surface area contributed by atoms with Crippen molar-refractivity contribution in [1.82, 2.24) is 4.57 Å². The van der Waals surface area contributed by atoms with Crippen molar-refractivity contribution in [3.8, 4) is 0 Å². The fourth-order valence-electron chi connectivity index (χ4n) is 2.60. The number of aromatic nitrogens is 1. The van der Waals surface area contributed by atoms with Gasteiger partial charge >= 0.3 is 0 Å². The van der Waals surface area contributed by atoms with Crippen molar-refractivity contribution in [3.05, 3.63) is 45.0 Å².